The van der Waals surface area contributed by atoms with Crippen molar-refractivity contribution in [2.24, 2.45) is 0 Å². The summed E-state index contributed by atoms with van der Waals surface area (Å²) in [6.07, 6.45) is 2.46. The molecule has 2 heterocycles. The highest BCUT2D eigenvalue weighted by molar-refractivity contribution is 5.88. The highest BCUT2D eigenvalue weighted by Crippen LogP contribution is 2.19. The third-order valence-corrected chi connectivity index (χ3v) is 4.61. The van der Waals surface area contributed by atoms with E-state index in [1.807, 2.05) is 29.3 Å². The molecule has 5 nitrogen and oxygen atoms in total. The second kappa shape index (κ2) is 7.15. The maximum Gasteiger partial charge on any atom is 0.227 e. The average molecular weight is 314 g/mol. The fraction of sp³-hybridized carbons (Fsp3) is 0.500. The molecule has 0 atom stereocenters. The summed E-state index contributed by atoms with van der Waals surface area (Å²) in [5.41, 5.74) is 2.20. The van der Waals surface area contributed by atoms with Gasteiger partial charge in [0.25, 0.3) is 0 Å². The monoisotopic (exact) mass is 314 g/mol. The summed E-state index contributed by atoms with van der Waals surface area (Å²) >= 11 is 0. The van der Waals surface area contributed by atoms with Gasteiger partial charge in [-0.25, -0.2) is 0 Å². The van der Waals surface area contributed by atoms with E-state index in [0.717, 1.165) is 55.7 Å². The van der Waals surface area contributed by atoms with Crippen LogP contribution in [-0.4, -0.2) is 79.0 Å². The molecule has 3 rings (SSSR count). The zero-order valence-electron chi connectivity index (χ0n) is 14.1. The normalized spacial score (nSPS) is 16.4. The summed E-state index contributed by atoms with van der Waals surface area (Å²) in [4.78, 5) is 22.5. The number of carbonyl (C=O) groups is 1. The van der Waals surface area contributed by atoms with Gasteiger partial charge in [-0.2, -0.15) is 0 Å². The Morgan fingerprint density at radius 2 is 1.91 bits per heavy atom. The first-order valence-corrected chi connectivity index (χ1v) is 8.33. The molecule has 0 saturated carbocycles. The Bertz CT molecular complexity index is 656. The van der Waals surface area contributed by atoms with E-state index in [2.05, 4.69) is 34.9 Å². The minimum Gasteiger partial charge on any atom is -0.361 e. The number of para-hydroxylation sites is 1. The molecule has 1 N–H and O–H groups in total. The van der Waals surface area contributed by atoms with Gasteiger partial charge in [0.2, 0.25) is 5.91 Å². The molecule has 0 unspecified atom stereocenters. The molecule has 5 heteroatoms. The van der Waals surface area contributed by atoms with Gasteiger partial charge in [-0.15, -0.1) is 0 Å². The lowest BCUT2D eigenvalue weighted by Crippen LogP contribution is -2.50. The van der Waals surface area contributed by atoms with Crippen molar-refractivity contribution in [3.8, 4) is 0 Å². The van der Waals surface area contributed by atoms with Crippen molar-refractivity contribution in [2.45, 2.75) is 6.42 Å². The van der Waals surface area contributed by atoms with Crippen LogP contribution in [0.2, 0.25) is 0 Å². The number of fused-ring (bicyclic) bond motifs is 1. The standard InChI is InChI=1S/C18H26N4O/c1-20(2)7-8-21-9-11-22(12-10-21)18(23)13-15-14-19-17-6-4-3-5-16(15)17/h3-6,14,19H,7-13H2,1-2H3. The van der Waals surface area contributed by atoms with E-state index in [-0.39, 0.29) is 5.91 Å². The fourth-order valence-corrected chi connectivity index (χ4v) is 3.11. The molecule has 1 amide bonds. The summed E-state index contributed by atoms with van der Waals surface area (Å²) in [7, 11) is 4.20. The number of piperazine rings is 1. The lowest BCUT2D eigenvalue weighted by Gasteiger charge is -2.35. The van der Waals surface area contributed by atoms with Crippen LogP contribution in [0.15, 0.2) is 30.5 Å². The quantitative estimate of drug-likeness (QED) is 0.907. The molecular weight excluding hydrogens is 288 g/mol. The van der Waals surface area contributed by atoms with Gasteiger partial charge in [-0.1, -0.05) is 18.2 Å². The number of amides is 1. The van der Waals surface area contributed by atoms with Crippen LogP contribution < -0.4 is 0 Å². The number of nitrogens with zero attached hydrogens (tertiary/aromatic N) is 3. The van der Waals surface area contributed by atoms with Gasteiger partial charge >= 0.3 is 0 Å². The molecule has 1 aliphatic rings. The summed E-state index contributed by atoms with van der Waals surface area (Å²) in [6.45, 7) is 5.80. The predicted octanol–water partition coefficient (Wildman–Crippen LogP) is 1.42. The number of hydrogen-bond donors (Lipinski definition) is 1. The van der Waals surface area contributed by atoms with Crippen molar-refractivity contribution in [1.82, 2.24) is 19.7 Å². The topological polar surface area (TPSA) is 42.6 Å². The van der Waals surface area contributed by atoms with Crippen LogP contribution in [-0.2, 0) is 11.2 Å². The van der Waals surface area contributed by atoms with Gasteiger partial charge in [0, 0.05) is 56.4 Å². The third kappa shape index (κ3) is 3.92. The van der Waals surface area contributed by atoms with Crippen molar-refractivity contribution in [1.29, 1.82) is 0 Å². The number of hydrogen-bond acceptors (Lipinski definition) is 3. The zero-order chi connectivity index (χ0) is 16.2. The number of H-pyrrole nitrogens is 1. The molecule has 1 aromatic carbocycles. The van der Waals surface area contributed by atoms with E-state index in [0.29, 0.717) is 6.42 Å². The molecule has 1 saturated heterocycles. The first-order valence-electron chi connectivity index (χ1n) is 8.33. The first kappa shape index (κ1) is 16.0. The lowest BCUT2D eigenvalue weighted by molar-refractivity contribution is -0.132. The Morgan fingerprint density at radius 3 is 2.65 bits per heavy atom. The predicted molar refractivity (Wildman–Crippen MR) is 93.6 cm³/mol. The minimum atomic E-state index is 0.238. The van der Waals surface area contributed by atoms with Crippen LogP contribution in [0.25, 0.3) is 10.9 Å². The number of likely N-dealkylation sites (N-methyl/N-ethyl adjacent to an activating group) is 1. The minimum absolute atomic E-state index is 0.238. The highest BCUT2D eigenvalue weighted by Gasteiger charge is 2.21. The number of carbonyl (C=O) groups excluding carboxylic acids is 1. The molecule has 0 bridgehead atoms. The van der Waals surface area contributed by atoms with Gasteiger partial charge in [0.15, 0.2) is 0 Å². The Kier molecular flexibility index (Phi) is 4.98. The van der Waals surface area contributed by atoms with Gasteiger partial charge in [0.05, 0.1) is 6.42 Å². The van der Waals surface area contributed by atoms with E-state index in [9.17, 15) is 4.79 Å². The van der Waals surface area contributed by atoms with Crippen molar-refractivity contribution in [2.75, 3.05) is 53.4 Å². The number of aromatic nitrogens is 1. The molecule has 124 valence electrons. The molecule has 2 aromatic rings. The summed E-state index contributed by atoms with van der Waals surface area (Å²) in [6, 6.07) is 8.16. The maximum atomic E-state index is 12.6. The van der Waals surface area contributed by atoms with E-state index in [1.54, 1.807) is 0 Å². The van der Waals surface area contributed by atoms with Crippen molar-refractivity contribution in [3.05, 3.63) is 36.0 Å². The van der Waals surface area contributed by atoms with Crippen LogP contribution in [0, 0.1) is 0 Å². The van der Waals surface area contributed by atoms with E-state index in [4.69, 9.17) is 0 Å². The van der Waals surface area contributed by atoms with Gasteiger partial charge in [-0.3, -0.25) is 9.69 Å². The Balaban J connectivity index is 1.54. The van der Waals surface area contributed by atoms with E-state index in [1.165, 1.54) is 0 Å². The molecule has 1 aromatic heterocycles. The molecule has 0 aliphatic carbocycles. The van der Waals surface area contributed by atoms with E-state index >= 15 is 0 Å². The lowest BCUT2D eigenvalue weighted by atomic mass is 10.1. The van der Waals surface area contributed by atoms with Gasteiger partial charge < -0.3 is 14.8 Å². The number of benzene rings is 1. The Morgan fingerprint density at radius 1 is 1.17 bits per heavy atom. The highest BCUT2D eigenvalue weighted by atomic mass is 16.2. The van der Waals surface area contributed by atoms with Crippen molar-refractivity contribution < 1.29 is 4.79 Å². The second-order valence-corrected chi connectivity index (χ2v) is 6.56. The summed E-state index contributed by atoms with van der Waals surface area (Å²) in [5, 5.41) is 1.16. The molecule has 0 spiro atoms. The largest absolute Gasteiger partial charge is 0.361 e. The van der Waals surface area contributed by atoms with Crippen molar-refractivity contribution in [3.63, 3.8) is 0 Å². The second-order valence-electron chi connectivity index (χ2n) is 6.56. The molecule has 23 heavy (non-hydrogen) atoms. The van der Waals surface area contributed by atoms with Gasteiger partial charge in [0.1, 0.15) is 0 Å². The van der Waals surface area contributed by atoms with E-state index < -0.39 is 0 Å². The Hall–Kier alpha value is -1.85. The number of nitrogens with one attached hydrogen (secondary N) is 1. The zero-order valence-corrected chi connectivity index (χ0v) is 14.1. The number of rotatable bonds is 5. The van der Waals surface area contributed by atoms with Crippen molar-refractivity contribution >= 4 is 16.8 Å². The molecule has 1 aliphatic heterocycles. The summed E-state index contributed by atoms with van der Waals surface area (Å²) < 4.78 is 0. The third-order valence-electron chi connectivity index (χ3n) is 4.61. The van der Waals surface area contributed by atoms with Crippen LogP contribution >= 0.6 is 0 Å². The maximum absolute atomic E-state index is 12.6. The fourth-order valence-electron chi connectivity index (χ4n) is 3.11. The molecule has 1 fully saturated rings. The number of aromatic amines is 1. The summed E-state index contributed by atoms with van der Waals surface area (Å²) in [5.74, 6) is 0.238. The average Bonchev–Trinajstić information content (AvgIpc) is 2.96. The van der Waals surface area contributed by atoms with Crippen LogP contribution in [0.5, 0.6) is 0 Å². The smallest absolute Gasteiger partial charge is 0.227 e. The molecular formula is C18H26N4O. The van der Waals surface area contributed by atoms with Crippen LogP contribution in [0.4, 0.5) is 0 Å². The van der Waals surface area contributed by atoms with Crippen LogP contribution in [0.3, 0.4) is 0 Å². The SMILES string of the molecule is CN(C)CCN1CCN(C(=O)Cc2c[nH]c3ccccc23)CC1. The molecule has 0 radical (unpaired) electrons. The van der Waals surface area contributed by atoms with Gasteiger partial charge in [-0.05, 0) is 25.7 Å². The first-order chi connectivity index (χ1) is 11.1. The van der Waals surface area contributed by atoms with Crippen LogP contribution in [0.1, 0.15) is 5.56 Å². The Labute approximate surface area is 137 Å².